The maximum Gasteiger partial charge on any atom is 0.0991 e. The van der Waals surface area contributed by atoms with Crippen LogP contribution >= 0.6 is 15.9 Å². The van der Waals surface area contributed by atoms with Gasteiger partial charge in [-0.3, -0.25) is 0 Å². The lowest BCUT2D eigenvalue weighted by molar-refractivity contribution is 0.210. The first-order valence-electron chi connectivity index (χ1n) is 4.58. The first-order valence-corrected chi connectivity index (χ1v) is 5.38. The van der Waals surface area contributed by atoms with Crippen LogP contribution in [0.25, 0.3) is 0 Å². The van der Waals surface area contributed by atoms with Crippen LogP contribution in [0.1, 0.15) is 18.1 Å². The molecule has 0 aliphatic rings. The summed E-state index contributed by atoms with van der Waals surface area (Å²) in [5, 5.41) is 18.1. The summed E-state index contributed by atoms with van der Waals surface area (Å²) in [6, 6.07) is 7.36. The van der Waals surface area contributed by atoms with E-state index in [-0.39, 0.29) is 6.61 Å². The second-order valence-electron chi connectivity index (χ2n) is 3.73. The Morgan fingerprint density at radius 1 is 1.60 bits per heavy atom. The van der Waals surface area contributed by atoms with E-state index in [9.17, 15) is 5.11 Å². The molecule has 0 bridgehead atoms. The Labute approximate surface area is 97.7 Å². The zero-order chi connectivity index (χ0) is 11.5. The fraction of sp³-hybridized carbons (Fsp3) is 0.364. The number of halogens is 1. The summed E-state index contributed by atoms with van der Waals surface area (Å²) in [6.45, 7) is 2.15. The highest BCUT2D eigenvalue weighted by Crippen LogP contribution is 2.30. The van der Waals surface area contributed by atoms with Gasteiger partial charge in [-0.25, -0.2) is 0 Å². The number of hydrogen-bond acceptors (Lipinski definition) is 3. The maximum atomic E-state index is 9.34. The van der Waals surface area contributed by atoms with Gasteiger partial charge in [-0.15, -0.1) is 0 Å². The molecule has 4 heteroatoms. The molecule has 0 saturated carbocycles. The van der Waals surface area contributed by atoms with Crippen molar-refractivity contribution in [1.29, 1.82) is 5.26 Å². The fourth-order valence-corrected chi connectivity index (χ4v) is 2.04. The Bertz CT molecular complexity index is 394. The summed E-state index contributed by atoms with van der Waals surface area (Å²) in [5.41, 5.74) is 6.58. The van der Waals surface area contributed by atoms with E-state index >= 15 is 0 Å². The van der Waals surface area contributed by atoms with Crippen molar-refractivity contribution < 1.29 is 5.11 Å². The van der Waals surface area contributed by atoms with E-state index in [1.54, 1.807) is 18.2 Å². The second-order valence-corrected chi connectivity index (χ2v) is 4.58. The van der Waals surface area contributed by atoms with Gasteiger partial charge in [-0.05, 0) is 23.8 Å². The van der Waals surface area contributed by atoms with Gasteiger partial charge in [0.05, 0.1) is 18.2 Å². The molecule has 0 amide bonds. The third kappa shape index (κ3) is 2.37. The number of nitriles is 1. The van der Waals surface area contributed by atoms with Crippen LogP contribution in [-0.2, 0) is 5.41 Å². The molecule has 0 aliphatic carbocycles. The van der Waals surface area contributed by atoms with Crippen LogP contribution in [0.15, 0.2) is 22.7 Å². The van der Waals surface area contributed by atoms with Crippen LogP contribution in [0.4, 0.5) is 0 Å². The predicted octanol–water partition coefficient (Wildman–Crippen LogP) is 1.53. The molecule has 1 aromatic rings. The predicted molar refractivity (Wildman–Crippen MR) is 62.3 cm³/mol. The molecule has 1 aromatic carbocycles. The Kier molecular flexibility index (Phi) is 3.86. The first-order chi connectivity index (χ1) is 7.07. The number of nitrogens with two attached hydrogens (primary N) is 1. The van der Waals surface area contributed by atoms with Crippen molar-refractivity contribution in [2.24, 2.45) is 5.73 Å². The van der Waals surface area contributed by atoms with Crippen LogP contribution in [0.3, 0.4) is 0 Å². The minimum atomic E-state index is -0.508. The van der Waals surface area contributed by atoms with E-state index in [0.717, 1.165) is 10.0 Å². The number of aliphatic hydroxyl groups excluding tert-OH is 1. The average molecular weight is 269 g/mol. The van der Waals surface area contributed by atoms with Crippen LogP contribution in [-0.4, -0.2) is 18.3 Å². The highest BCUT2D eigenvalue weighted by atomic mass is 79.9. The van der Waals surface area contributed by atoms with E-state index in [4.69, 9.17) is 11.0 Å². The molecule has 0 saturated heterocycles. The fourth-order valence-electron chi connectivity index (χ4n) is 1.32. The zero-order valence-corrected chi connectivity index (χ0v) is 10.1. The smallest absolute Gasteiger partial charge is 0.0991 e. The molecular formula is C11H13BrN2O. The first kappa shape index (κ1) is 12.2. The normalized spacial score (nSPS) is 14.3. The van der Waals surface area contributed by atoms with Crippen molar-refractivity contribution in [3.05, 3.63) is 33.8 Å². The second kappa shape index (κ2) is 4.75. The van der Waals surface area contributed by atoms with Crippen LogP contribution < -0.4 is 5.73 Å². The topological polar surface area (TPSA) is 70.0 Å². The minimum absolute atomic E-state index is 0.0447. The summed E-state index contributed by atoms with van der Waals surface area (Å²) in [6.07, 6.45) is 0. The summed E-state index contributed by atoms with van der Waals surface area (Å²) in [5.74, 6) is 0. The molecule has 0 aliphatic heterocycles. The standard InChI is InChI=1S/C11H13BrN2O/c1-11(6-14,7-15)9-4-8(5-13)2-3-10(9)12/h2-4,15H,6-7,14H2,1H3. The molecule has 80 valence electrons. The van der Waals surface area contributed by atoms with E-state index in [1.807, 2.05) is 6.92 Å². The SMILES string of the molecule is CC(CN)(CO)c1cc(C#N)ccc1Br. The van der Waals surface area contributed by atoms with Gasteiger partial charge in [-0.2, -0.15) is 5.26 Å². The Hall–Kier alpha value is -0.890. The van der Waals surface area contributed by atoms with Crippen molar-refractivity contribution in [3.8, 4) is 6.07 Å². The maximum absolute atomic E-state index is 9.34. The van der Waals surface area contributed by atoms with Crippen LogP contribution in [0.2, 0.25) is 0 Å². The average Bonchev–Trinajstić information content (AvgIpc) is 2.28. The molecule has 0 radical (unpaired) electrons. The highest BCUT2D eigenvalue weighted by Gasteiger charge is 2.26. The van der Waals surface area contributed by atoms with E-state index in [1.165, 1.54) is 0 Å². The van der Waals surface area contributed by atoms with Gasteiger partial charge in [0.2, 0.25) is 0 Å². The lowest BCUT2D eigenvalue weighted by Gasteiger charge is -2.27. The molecule has 1 rings (SSSR count). The summed E-state index contributed by atoms with van der Waals surface area (Å²) < 4.78 is 0.864. The van der Waals surface area contributed by atoms with Gasteiger partial charge < -0.3 is 10.8 Å². The minimum Gasteiger partial charge on any atom is -0.395 e. The van der Waals surface area contributed by atoms with Crippen molar-refractivity contribution in [2.45, 2.75) is 12.3 Å². The largest absolute Gasteiger partial charge is 0.395 e. The number of aliphatic hydroxyl groups is 1. The lowest BCUT2D eigenvalue weighted by atomic mass is 9.83. The van der Waals surface area contributed by atoms with E-state index in [0.29, 0.717) is 12.1 Å². The monoisotopic (exact) mass is 268 g/mol. The number of nitrogens with zero attached hydrogens (tertiary/aromatic N) is 1. The number of hydrogen-bond donors (Lipinski definition) is 2. The van der Waals surface area contributed by atoms with Crippen molar-refractivity contribution in [1.82, 2.24) is 0 Å². The third-order valence-corrected chi connectivity index (χ3v) is 3.24. The van der Waals surface area contributed by atoms with Gasteiger partial charge in [0.25, 0.3) is 0 Å². The van der Waals surface area contributed by atoms with Crippen molar-refractivity contribution in [2.75, 3.05) is 13.2 Å². The summed E-state index contributed by atoms with van der Waals surface area (Å²) in [7, 11) is 0. The molecule has 3 nitrogen and oxygen atoms in total. The molecule has 1 atom stereocenters. The van der Waals surface area contributed by atoms with Gasteiger partial charge in [0.15, 0.2) is 0 Å². The Morgan fingerprint density at radius 2 is 2.27 bits per heavy atom. The van der Waals surface area contributed by atoms with Gasteiger partial charge in [0.1, 0.15) is 0 Å². The van der Waals surface area contributed by atoms with E-state index in [2.05, 4.69) is 22.0 Å². The van der Waals surface area contributed by atoms with Gasteiger partial charge in [0, 0.05) is 16.4 Å². The molecule has 15 heavy (non-hydrogen) atoms. The highest BCUT2D eigenvalue weighted by molar-refractivity contribution is 9.10. The Morgan fingerprint density at radius 3 is 2.73 bits per heavy atom. The van der Waals surface area contributed by atoms with Gasteiger partial charge in [-0.1, -0.05) is 22.9 Å². The van der Waals surface area contributed by atoms with Crippen LogP contribution in [0, 0.1) is 11.3 Å². The Balaban J connectivity index is 3.29. The van der Waals surface area contributed by atoms with Crippen LogP contribution in [0.5, 0.6) is 0 Å². The molecule has 1 unspecified atom stereocenters. The van der Waals surface area contributed by atoms with E-state index < -0.39 is 5.41 Å². The number of benzene rings is 1. The molecular weight excluding hydrogens is 256 g/mol. The number of rotatable bonds is 3. The zero-order valence-electron chi connectivity index (χ0n) is 8.50. The molecule has 0 spiro atoms. The molecule has 3 N–H and O–H groups in total. The molecule has 0 aromatic heterocycles. The summed E-state index contributed by atoms with van der Waals surface area (Å²) in [4.78, 5) is 0. The van der Waals surface area contributed by atoms with Crippen molar-refractivity contribution in [3.63, 3.8) is 0 Å². The summed E-state index contributed by atoms with van der Waals surface area (Å²) >= 11 is 3.40. The van der Waals surface area contributed by atoms with Gasteiger partial charge >= 0.3 is 0 Å². The molecule has 0 fully saturated rings. The quantitative estimate of drug-likeness (QED) is 0.874. The lowest BCUT2D eigenvalue weighted by Crippen LogP contribution is -2.36. The third-order valence-electron chi connectivity index (χ3n) is 2.55. The van der Waals surface area contributed by atoms with Crippen molar-refractivity contribution >= 4 is 15.9 Å². The molecule has 0 heterocycles.